The van der Waals surface area contributed by atoms with Crippen molar-refractivity contribution in [2.75, 3.05) is 13.1 Å². The van der Waals surface area contributed by atoms with E-state index >= 15 is 0 Å². The number of benzene rings is 1. The van der Waals surface area contributed by atoms with Crippen molar-refractivity contribution in [3.05, 3.63) is 29.6 Å². The monoisotopic (exact) mass is 280 g/mol. The largest absolute Gasteiger partial charge is 0.488 e. The number of nitrogens with zero attached hydrogens (tertiary/aromatic N) is 1. The normalized spacial score (nSPS) is 14.7. The minimum atomic E-state index is -0.397. The molecule has 1 heterocycles. The predicted octanol–water partition coefficient (Wildman–Crippen LogP) is 2.92. The van der Waals surface area contributed by atoms with Crippen LogP contribution in [0.1, 0.15) is 32.3 Å². The summed E-state index contributed by atoms with van der Waals surface area (Å²) in [6.45, 7) is 5.64. The van der Waals surface area contributed by atoms with Gasteiger partial charge in [0.2, 0.25) is 0 Å². The Morgan fingerprint density at radius 1 is 1.40 bits per heavy atom. The van der Waals surface area contributed by atoms with Gasteiger partial charge in [-0.3, -0.25) is 0 Å². The lowest BCUT2D eigenvalue weighted by Gasteiger charge is -2.16. The average molecular weight is 280 g/mol. The summed E-state index contributed by atoms with van der Waals surface area (Å²) in [7, 11) is 0. The van der Waals surface area contributed by atoms with Gasteiger partial charge in [-0.1, -0.05) is 6.07 Å². The zero-order chi connectivity index (χ0) is 14.5. The molecule has 0 aliphatic carbocycles. The van der Waals surface area contributed by atoms with Gasteiger partial charge in [-0.15, -0.1) is 0 Å². The molecule has 2 rings (SSSR count). The molecular weight excluding hydrogens is 259 g/mol. The third-order valence-electron chi connectivity index (χ3n) is 3.20. The summed E-state index contributed by atoms with van der Waals surface area (Å²) >= 11 is 0. The van der Waals surface area contributed by atoms with Crippen molar-refractivity contribution in [3.63, 3.8) is 0 Å². The highest BCUT2D eigenvalue weighted by atomic mass is 19.1. The number of nitrogens with one attached hydrogen (secondary N) is 1. The molecule has 0 atom stereocenters. The molecule has 1 aromatic rings. The van der Waals surface area contributed by atoms with Crippen molar-refractivity contribution in [1.82, 2.24) is 10.2 Å². The smallest absolute Gasteiger partial charge is 0.317 e. The molecule has 1 aromatic carbocycles. The van der Waals surface area contributed by atoms with E-state index in [2.05, 4.69) is 5.32 Å². The van der Waals surface area contributed by atoms with Gasteiger partial charge in [0.25, 0.3) is 0 Å². The quantitative estimate of drug-likeness (QED) is 0.921. The Balaban J connectivity index is 1.89. The number of amides is 2. The highest BCUT2D eigenvalue weighted by molar-refractivity contribution is 5.74. The van der Waals surface area contributed by atoms with Crippen LogP contribution in [0.4, 0.5) is 9.18 Å². The van der Waals surface area contributed by atoms with Crippen molar-refractivity contribution in [2.24, 2.45) is 0 Å². The number of rotatable bonds is 4. The zero-order valence-electron chi connectivity index (χ0n) is 12.0. The second-order valence-electron chi connectivity index (χ2n) is 5.28. The summed E-state index contributed by atoms with van der Waals surface area (Å²) in [4.78, 5) is 13.6. The first kappa shape index (κ1) is 14.6. The van der Waals surface area contributed by atoms with Crippen LogP contribution in [0.15, 0.2) is 18.2 Å². The lowest BCUT2D eigenvalue weighted by atomic mass is 10.2. The van der Waals surface area contributed by atoms with E-state index in [1.165, 1.54) is 6.07 Å². The van der Waals surface area contributed by atoms with E-state index < -0.39 is 5.82 Å². The van der Waals surface area contributed by atoms with E-state index in [1.54, 1.807) is 17.0 Å². The summed E-state index contributed by atoms with van der Waals surface area (Å²) in [5.41, 5.74) is 0.728. The van der Waals surface area contributed by atoms with Crippen LogP contribution >= 0.6 is 0 Å². The summed E-state index contributed by atoms with van der Waals surface area (Å²) in [6.07, 6.45) is 2.05. The Kier molecular flexibility index (Phi) is 4.82. The fourth-order valence-corrected chi connectivity index (χ4v) is 2.21. The van der Waals surface area contributed by atoms with Gasteiger partial charge in [0.15, 0.2) is 11.6 Å². The van der Waals surface area contributed by atoms with Crippen molar-refractivity contribution < 1.29 is 13.9 Å². The van der Waals surface area contributed by atoms with E-state index in [0.717, 1.165) is 31.5 Å². The van der Waals surface area contributed by atoms with Crippen LogP contribution in [0.3, 0.4) is 0 Å². The molecule has 0 unspecified atom stereocenters. The van der Waals surface area contributed by atoms with E-state index in [9.17, 15) is 9.18 Å². The molecule has 0 bridgehead atoms. The van der Waals surface area contributed by atoms with Crippen LogP contribution in [0, 0.1) is 5.82 Å². The maximum absolute atomic E-state index is 13.8. The molecule has 0 radical (unpaired) electrons. The molecule has 4 nitrogen and oxygen atoms in total. The summed E-state index contributed by atoms with van der Waals surface area (Å²) in [5.74, 6) is -0.152. The highest BCUT2D eigenvalue weighted by Crippen LogP contribution is 2.19. The van der Waals surface area contributed by atoms with E-state index in [4.69, 9.17) is 4.74 Å². The van der Waals surface area contributed by atoms with Crippen molar-refractivity contribution >= 4 is 6.03 Å². The van der Waals surface area contributed by atoms with Gasteiger partial charge in [0.1, 0.15) is 0 Å². The average Bonchev–Trinajstić information content (AvgIpc) is 2.92. The summed E-state index contributed by atoms with van der Waals surface area (Å²) < 4.78 is 19.1. The number of carbonyl (C=O) groups is 1. The lowest BCUT2D eigenvalue weighted by molar-refractivity contribution is 0.208. The van der Waals surface area contributed by atoms with Crippen molar-refractivity contribution in [2.45, 2.75) is 39.3 Å². The van der Waals surface area contributed by atoms with Gasteiger partial charge >= 0.3 is 6.03 Å². The van der Waals surface area contributed by atoms with Crippen LogP contribution in [-0.4, -0.2) is 30.1 Å². The van der Waals surface area contributed by atoms with Crippen molar-refractivity contribution in [3.8, 4) is 5.75 Å². The molecule has 110 valence electrons. The first-order valence-electron chi connectivity index (χ1n) is 7.04. The number of hydrogen-bond acceptors (Lipinski definition) is 2. The lowest BCUT2D eigenvalue weighted by Crippen LogP contribution is -2.37. The van der Waals surface area contributed by atoms with E-state index in [1.807, 2.05) is 13.8 Å². The molecule has 0 saturated carbocycles. The minimum Gasteiger partial charge on any atom is -0.488 e. The first-order valence-corrected chi connectivity index (χ1v) is 7.04. The van der Waals surface area contributed by atoms with Crippen molar-refractivity contribution in [1.29, 1.82) is 0 Å². The number of halogens is 1. The molecular formula is C15H21FN2O2. The Morgan fingerprint density at radius 3 is 2.70 bits per heavy atom. The molecule has 1 aliphatic heterocycles. The number of hydrogen-bond donors (Lipinski definition) is 1. The summed E-state index contributed by atoms with van der Waals surface area (Å²) in [6, 6.07) is 4.70. The predicted molar refractivity (Wildman–Crippen MR) is 75.2 cm³/mol. The van der Waals surface area contributed by atoms with Crippen LogP contribution < -0.4 is 10.1 Å². The number of ether oxygens (including phenoxy) is 1. The second-order valence-corrected chi connectivity index (χ2v) is 5.28. The first-order chi connectivity index (χ1) is 9.56. The fraction of sp³-hybridized carbons (Fsp3) is 0.533. The molecule has 2 amide bonds. The van der Waals surface area contributed by atoms with Gasteiger partial charge < -0.3 is 15.0 Å². The standard InChI is InChI=1S/C15H21FN2O2/c1-11(2)20-14-6-5-12(9-13(14)16)10-17-15(19)18-7-3-4-8-18/h5-6,9,11H,3-4,7-8,10H2,1-2H3,(H,17,19). The molecule has 20 heavy (non-hydrogen) atoms. The number of likely N-dealkylation sites (tertiary alicyclic amines) is 1. The molecule has 0 spiro atoms. The fourth-order valence-electron chi connectivity index (χ4n) is 2.21. The van der Waals surface area contributed by atoms with Crippen LogP contribution in [0.25, 0.3) is 0 Å². The van der Waals surface area contributed by atoms with E-state index in [0.29, 0.717) is 6.54 Å². The second kappa shape index (κ2) is 6.59. The van der Waals surface area contributed by atoms with Gasteiger partial charge in [0, 0.05) is 19.6 Å². The molecule has 1 saturated heterocycles. The maximum Gasteiger partial charge on any atom is 0.317 e. The zero-order valence-corrected chi connectivity index (χ0v) is 12.0. The SMILES string of the molecule is CC(C)Oc1ccc(CNC(=O)N2CCCC2)cc1F. The van der Waals surface area contributed by atoms with Crippen LogP contribution in [0.2, 0.25) is 0 Å². The molecule has 5 heteroatoms. The Bertz CT molecular complexity index is 471. The van der Waals surface area contributed by atoms with Gasteiger partial charge in [0.05, 0.1) is 6.10 Å². The topological polar surface area (TPSA) is 41.6 Å². The van der Waals surface area contributed by atoms with Crippen LogP contribution in [0.5, 0.6) is 5.75 Å². The molecule has 0 aromatic heterocycles. The molecule has 1 N–H and O–H groups in total. The number of carbonyl (C=O) groups excluding carboxylic acids is 1. The number of urea groups is 1. The maximum atomic E-state index is 13.8. The Labute approximate surface area is 118 Å². The Morgan fingerprint density at radius 2 is 2.10 bits per heavy atom. The van der Waals surface area contributed by atoms with Gasteiger partial charge in [-0.25, -0.2) is 9.18 Å². The van der Waals surface area contributed by atoms with E-state index in [-0.39, 0.29) is 17.9 Å². The highest BCUT2D eigenvalue weighted by Gasteiger charge is 2.17. The third kappa shape index (κ3) is 3.85. The third-order valence-corrected chi connectivity index (χ3v) is 3.20. The van der Waals surface area contributed by atoms with Crippen LogP contribution in [-0.2, 0) is 6.54 Å². The minimum absolute atomic E-state index is 0.0646. The van der Waals surface area contributed by atoms with Gasteiger partial charge in [-0.05, 0) is 44.4 Å². The molecule has 1 fully saturated rings. The van der Waals surface area contributed by atoms with Gasteiger partial charge in [-0.2, -0.15) is 0 Å². The molecule has 1 aliphatic rings. The summed E-state index contributed by atoms with van der Waals surface area (Å²) in [5, 5.41) is 2.81. The Hall–Kier alpha value is -1.78.